The molecule has 0 spiro atoms. The number of piperidine rings is 1. The van der Waals surface area contributed by atoms with Gasteiger partial charge in [0.25, 0.3) is 0 Å². The molecule has 3 aliphatic heterocycles. The van der Waals surface area contributed by atoms with Crippen LogP contribution in [0.3, 0.4) is 0 Å². The Hall–Kier alpha value is -2.40. The van der Waals surface area contributed by atoms with Gasteiger partial charge in [-0.05, 0) is 42.5 Å². The Balaban J connectivity index is 1.43. The maximum Gasteiger partial charge on any atom is 0.321 e. The molecule has 1 N–H and O–H groups in total. The number of nitrogens with one attached hydrogen (secondary N) is 1. The summed E-state index contributed by atoms with van der Waals surface area (Å²) in [6, 6.07) is 16.8. The maximum atomic E-state index is 13.3. The summed E-state index contributed by atoms with van der Waals surface area (Å²) in [6.45, 7) is 3.46. The van der Waals surface area contributed by atoms with Gasteiger partial charge in [0, 0.05) is 37.9 Å². The molecule has 0 aromatic heterocycles. The second-order valence-corrected chi connectivity index (χ2v) is 7.36. The molecule has 4 nitrogen and oxygen atoms in total. The van der Waals surface area contributed by atoms with Gasteiger partial charge in [-0.15, -0.1) is 0 Å². The van der Waals surface area contributed by atoms with Crippen LogP contribution in [0.2, 0.25) is 0 Å². The molecule has 2 atom stereocenters. The highest BCUT2D eigenvalue weighted by Gasteiger charge is 2.36. The third-order valence-corrected chi connectivity index (χ3v) is 5.42. The summed E-state index contributed by atoms with van der Waals surface area (Å²) in [7, 11) is 0. The Kier molecular flexibility index (Phi) is 4.89. The van der Waals surface area contributed by atoms with Crippen molar-refractivity contribution in [3.8, 4) is 0 Å². The summed E-state index contributed by atoms with van der Waals surface area (Å²) < 4.78 is 13.3. The molecular formula is C21H24FN3O. The quantitative estimate of drug-likeness (QED) is 0.907. The number of carbonyl (C=O) groups is 1. The van der Waals surface area contributed by atoms with E-state index in [-0.39, 0.29) is 11.8 Å². The van der Waals surface area contributed by atoms with E-state index in [1.807, 2.05) is 11.0 Å². The van der Waals surface area contributed by atoms with Crippen LogP contribution >= 0.6 is 0 Å². The van der Waals surface area contributed by atoms with E-state index in [0.29, 0.717) is 17.6 Å². The predicted octanol–water partition coefficient (Wildman–Crippen LogP) is 3.95. The second kappa shape index (κ2) is 7.46. The minimum atomic E-state index is -0.340. The first-order chi connectivity index (χ1) is 12.7. The van der Waals surface area contributed by atoms with E-state index in [0.717, 1.165) is 32.6 Å². The standard InChI is InChI=1S/C21H24FN3O/c22-18-7-4-8-19(11-18)23-21(26)25-14-17-9-10-20(15-25)24(13-17)12-16-5-2-1-3-6-16/h1-8,11,17,20H,9-10,12-15H2,(H,23,26)/t17-,20-/m0/s1. The van der Waals surface area contributed by atoms with Crippen molar-refractivity contribution >= 4 is 11.7 Å². The Labute approximate surface area is 153 Å². The summed E-state index contributed by atoms with van der Waals surface area (Å²) in [5.74, 6) is 0.156. The fourth-order valence-corrected chi connectivity index (χ4v) is 4.13. The first-order valence-electron chi connectivity index (χ1n) is 9.27. The van der Waals surface area contributed by atoms with Crippen LogP contribution in [0.15, 0.2) is 54.6 Å². The van der Waals surface area contributed by atoms with E-state index >= 15 is 0 Å². The van der Waals surface area contributed by atoms with Crippen molar-refractivity contribution in [1.82, 2.24) is 9.80 Å². The average molecular weight is 353 g/mol. The van der Waals surface area contributed by atoms with Crippen molar-refractivity contribution in [2.75, 3.05) is 25.0 Å². The molecule has 0 saturated carbocycles. The SMILES string of the molecule is O=C(Nc1cccc(F)c1)N1C[C@H]2CC[C@@H](C1)N(Cc1ccccc1)C2. The zero-order valence-electron chi connectivity index (χ0n) is 14.8. The van der Waals surface area contributed by atoms with E-state index in [1.54, 1.807) is 12.1 Å². The van der Waals surface area contributed by atoms with Gasteiger partial charge >= 0.3 is 6.03 Å². The lowest BCUT2D eigenvalue weighted by atomic mass is 9.94. The van der Waals surface area contributed by atoms with Gasteiger partial charge in [0.05, 0.1) is 0 Å². The van der Waals surface area contributed by atoms with Crippen LogP contribution in [-0.4, -0.2) is 41.5 Å². The van der Waals surface area contributed by atoms with Gasteiger partial charge in [0.15, 0.2) is 0 Å². The topological polar surface area (TPSA) is 35.6 Å². The van der Waals surface area contributed by atoms with Gasteiger partial charge in [-0.2, -0.15) is 0 Å². The van der Waals surface area contributed by atoms with Crippen LogP contribution in [0.1, 0.15) is 18.4 Å². The number of urea groups is 1. The molecule has 3 heterocycles. The molecule has 2 aromatic rings. The predicted molar refractivity (Wildman–Crippen MR) is 100 cm³/mol. The number of nitrogens with zero attached hydrogens (tertiary/aromatic N) is 2. The van der Waals surface area contributed by atoms with Crippen molar-refractivity contribution in [1.29, 1.82) is 0 Å². The van der Waals surface area contributed by atoms with E-state index in [2.05, 4.69) is 34.5 Å². The number of benzene rings is 2. The van der Waals surface area contributed by atoms with E-state index in [9.17, 15) is 9.18 Å². The van der Waals surface area contributed by atoms with Crippen LogP contribution < -0.4 is 5.32 Å². The molecule has 0 unspecified atom stereocenters. The lowest BCUT2D eigenvalue weighted by molar-refractivity contribution is 0.124. The summed E-state index contributed by atoms with van der Waals surface area (Å²) >= 11 is 0. The number of anilines is 1. The van der Waals surface area contributed by atoms with Crippen molar-refractivity contribution in [2.24, 2.45) is 5.92 Å². The Bertz CT molecular complexity index is 767. The highest BCUT2D eigenvalue weighted by atomic mass is 19.1. The van der Waals surface area contributed by atoms with Crippen molar-refractivity contribution < 1.29 is 9.18 Å². The van der Waals surface area contributed by atoms with Crippen molar-refractivity contribution in [2.45, 2.75) is 25.4 Å². The lowest BCUT2D eigenvalue weighted by Gasteiger charge is -2.36. The average Bonchev–Trinajstić information content (AvgIpc) is 2.95. The number of halogens is 1. The number of rotatable bonds is 3. The van der Waals surface area contributed by atoms with Crippen LogP contribution in [0, 0.1) is 11.7 Å². The smallest absolute Gasteiger partial charge is 0.321 e. The zero-order valence-corrected chi connectivity index (χ0v) is 14.8. The first-order valence-corrected chi connectivity index (χ1v) is 9.27. The van der Waals surface area contributed by atoms with Crippen LogP contribution in [0.25, 0.3) is 0 Å². The molecule has 5 heteroatoms. The summed E-state index contributed by atoms with van der Waals surface area (Å²) in [5, 5.41) is 2.84. The highest BCUT2D eigenvalue weighted by Crippen LogP contribution is 2.29. The van der Waals surface area contributed by atoms with Crippen molar-refractivity contribution in [3.63, 3.8) is 0 Å². The largest absolute Gasteiger partial charge is 0.323 e. The second-order valence-electron chi connectivity index (χ2n) is 7.36. The van der Waals surface area contributed by atoms with Crippen LogP contribution in [0.4, 0.5) is 14.9 Å². The molecule has 2 aromatic carbocycles. The van der Waals surface area contributed by atoms with Crippen molar-refractivity contribution in [3.05, 3.63) is 66.0 Å². The Morgan fingerprint density at radius 1 is 1.04 bits per heavy atom. The fraction of sp³-hybridized carbons (Fsp3) is 0.381. The first kappa shape index (κ1) is 17.0. The molecule has 3 aliphatic rings. The van der Waals surface area contributed by atoms with E-state index < -0.39 is 0 Å². The molecule has 0 radical (unpaired) electrons. The molecular weight excluding hydrogens is 329 g/mol. The van der Waals surface area contributed by atoms with Gasteiger partial charge in [0.1, 0.15) is 5.82 Å². The molecule has 0 aliphatic carbocycles. The van der Waals surface area contributed by atoms with Gasteiger partial charge in [-0.25, -0.2) is 9.18 Å². The molecule has 2 bridgehead atoms. The molecule has 26 heavy (non-hydrogen) atoms. The number of amides is 2. The molecule has 3 saturated heterocycles. The summed E-state index contributed by atoms with van der Waals surface area (Å²) in [4.78, 5) is 17.1. The Morgan fingerprint density at radius 2 is 1.88 bits per heavy atom. The number of hydrogen-bond donors (Lipinski definition) is 1. The maximum absolute atomic E-state index is 13.3. The molecule has 5 rings (SSSR count). The zero-order chi connectivity index (χ0) is 17.9. The van der Waals surface area contributed by atoms with Crippen LogP contribution in [0.5, 0.6) is 0 Å². The van der Waals surface area contributed by atoms with Crippen LogP contribution in [-0.2, 0) is 6.54 Å². The van der Waals surface area contributed by atoms with Gasteiger partial charge in [-0.3, -0.25) is 4.90 Å². The normalized spacial score (nSPS) is 22.9. The summed E-state index contributed by atoms with van der Waals surface area (Å²) in [5.41, 5.74) is 1.82. The third-order valence-electron chi connectivity index (χ3n) is 5.42. The van der Waals surface area contributed by atoms with E-state index in [1.165, 1.54) is 24.1 Å². The lowest BCUT2D eigenvalue weighted by Crippen LogP contribution is -2.44. The minimum absolute atomic E-state index is 0.130. The highest BCUT2D eigenvalue weighted by molar-refractivity contribution is 5.89. The molecule has 136 valence electrons. The molecule has 2 amide bonds. The van der Waals surface area contributed by atoms with E-state index in [4.69, 9.17) is 0 Å². The third kappa shape index (κ3) is 3.88. The van der Waals surface area contributed by atoms with Gasteiger partial charge in [0.2, 0.25) is 0 Å². The van der Waals surface area contributed by atoms with Gasteiger partial charge in [-0.1, -0.05) is 36.4 Å². The fourth-order valence-electron chi connectivity index (χ4n) is 4.13. The Morgan fingerprint density at radius 3 is 2.69 bits per heavy atom. The number of fused-ring (bicyclic) bond motifs is 4. The molecule has 3 fully saturated rings. The monoisotopic (exact) mass is 353 g/mol. The minimum Gasteiger partial charge on any atom is -0.323 e. The van der Waals surface area contributed by atoms with Gasteiger partial charge < -0.3 is 10.2 Å². The summed E-state index contributed by atoms with van der Waals surface area (Å²) in [6.07, 6.45) is 2.29. The number of hydrogen-bond acceptors (Lipinski definition) is 2. The number of carbonyl (C=O) groups excluding carboxylic acids is 1.